The molecule has 0 saturated heterocycles. The summed E-state index contributed by atoms with van der Waals surface area (Å²) in [5.41, 5.74) is 3.19. The molecule has 6 nitrogen and oxygen atoms in total. The molecule has 0 spiro atoms. The second-order valence-corrected chi connectivity index (χ2v) is 5.56. The number of carbonyl (C=O) groups is 1. The zero-order valence-corrected chi connectivity index (χ0v) is 13.6. The zero-order chi connectivity index (χ0) is 16.9. The number of nitrogens with zero attached hydrogens (tertiary/aromatic N) is 3. The molecule has 1 unspecified atom stereocenters. The SMILES string of the molecule is CC(NC(=O)Nc1ccn(C)n1)c1ccc(-c2cccnc2)cc1. The molecule has 24 heavy (non-hydrogen) atoms. The van der Waals surface area contributed by atoms with Crippen LogP contribution in [0.3, 0.4) is 0 Å². The van der Waals surface area contributed by atoms with Crippen LogP contribution in [0.1, 0.15) is 18.5 Å². The van der Waals surface area contributed by atoms with Crippen LogP contribution in [0.5, 0.6) is 0 Å². The van der Waals surface area contributed by atoms with Gasteiger partial charge in [-0.2, -0.15) is 5.10 Å². The smallest absolute Gasteiger partial charge is 0.320 e. The van der Waals surface area contributed by atoms with Crippen molar-refractivity contribution in [2.24, 2.45) is 7.05 Å². The second kappa shape index (κ2) is 6.95. The van der Waals surface area contributed by atoms with Crippen LogP contribution in [0.25, 0.3) is 11.1 Å². The second-order valence-electron chi connectivity index (χ2n) is 5.56. The fourth-order valence-corrected chi connectivity index (χ4v) is 2.41. The molecule has 2 aromatic heterocycles. The standard InChI is InChI=1S/C18H19N5O/c1-13(20-18(24)21-17-9-11-23(2)22-17)14-5-7-15(8-6-14)16-4-3-10-19-12-16/h3-13H,1-2H3,(H2,20,21,22,24). The third kappa shape index (κ3) is 3.78. The first-order valence-electron chi connectivity index (χ1n) is 7.69. The number of hydrogen-bond acceptors (Lipinski definition) is 3. The number of nitrogens with one attached hydrogen (secondary N) is 2. The number of benzene rings is 1. The number of amides is 2. The Morgan fingerprint density at radius 2 is 1.92 bits per heavy atom. The summed E-state index contributed by atoms with van der Waals surface area (Å²) in [6.45, 7) is 1.94. The molecular formula is C18H19N5O. The maximum absolute atomic E-state index is 12.0. The van der Waals surface area contributed by atoms with Gasteiger partial charge in [0.25, 0.3) is 0 Å². The summed E-state index contributed by atoms with van der Waals surface area (Å²) < 4.78 is 1.64. The van der Waals surface area contributed by atoms with Crippen molar-refractivity contribution >= 4 is 11.8 Å². The van der Waals surface area contributed by atoms with Gasteiger partial charge in [0.1, 0.15) is 0 Å². The Balaban J connectivity index is 1.62. The minimum Gasteiger partial charge on any atom is -0.331 e. The summed E-state index contributed by atoms with van der Waals surface area (Å²) in [7, 11) is 1.80. The van der Waals surface area contributed by atoms with Crippen molar-refractivity contribution in [3.05, 3.63) is 66.6 Å². The number of hydrogen-bond donors (Lipinski definition) is 2. The number of aryl methyl sites for hydroxylation is 1. The predicted molar refractivity (Wildman–Crippen MR) is 93.5 cm³/mol. The van der Waals surface area contributed by atoms with E-state index in [2.05, 4.69) is 20.7 Å². The molecule has 3 aromatic rings. The molecular weight excluding hydrogens is 302 g/mol. The fraction of sp³-hybridized carbons (Fsp3) is 0.167. The van der Waals surface area contributed by atoms with Crippen LogP contribution in [0.15, 0.2) is 61.1 Å². The van der Waals surface area contributed by atoms with Gasteiger partial charge in [0.2, 0.25) is 0 Å². The normalized spacial score (nSPS) is 11.8. The van der Waals surface area contributed by atoms with Crippen molar-refractivity contribution in [2.75, 3.05) is 5.32 Å². The molecule has 2 amide bonds. The van der Waals surface area contributed by atoms with Gasteiger partial charge < -0.3 is 5.32 Å². The van der Waals surface area contributed by atoms with E-state index in [0.717, 1.165) is 16.7 Å². The van der Waals surface area contributed by atoms with E-state index in [-0.39, 0.29) is 12.1 Å². The maximum atomic E-state index is 12.0. The Morgan fingerprint density at radius 1 is 1.12 bits per heavy atom. The molecule has 6 heteroatoms. The molecule has 1 aromatic carbocycles. The van der Waals surface area contributed by atoms with Gasteiger partial charge in [-0.1, -0.05) is 30.3 Å². The lowest BCUT2D eigenvalue weighted by Crippen LogP contribution is -2.31. The van der Waals surface area contributed by atoms with E-state index >= 15 is 0 Å². The van der Waals surface area contributed by atoms with Crippen LogP contribution in [0.2, 0.25) is 0 Å². The lowest BCUT2D eigenvalue weighted by Gasteiger charge is -2.15. The molecule has 2 N–H and O–H groups in total. The summed E-state index contributed by atoms with van der Waals surface area (Å²) in [6.07, 6.45) is 5.36. The number of urea groups is 1. The first-order chi connectivity index (χ1) is 11.6. The summed E-state index contributed by atoms with van der Waals surface area (Å²) in [5.74, 6) is 0.522. The van der Waals surface area contributed by atoms with Gasteiger partial charge in [-0.15, -0.1) is 0 Å². The van der Waals surface area contributed by atoms with Crippen LogP contribution >= 0.6 is 0 Å². The van der Waals surface area contributed by atoms with Crippen LogP contribution in [0, 0.1) is 0 Å². The van der Waals surface area contributed by atoms with Gasteiger partial charge >= 0.3 is 6.03 Å². The third-order valence-electron chi connectivity index (χ3n) is 3.71. The van der Waals surface area contributed by atoms with E-state index in [0.29, 0.717) is 5.82 Å². The summed E-state index contributed by atoms with van der Waals surface area (Å²) >= 11 is 0. The van der Waals surface area contributed by atoms with Crippen LogP contribution in [-0.2, 0) is 7.05 Å². The summed E-state index contributed by atoms with van der Waals surface area (Å²) in [6, 6.07) is 13.4. The summed E-state index contributed by atoms with van der Waals surface area (Å²) in [4.78, 5) is 16.1. The van der Waals surface area contributed by atoms with E-state index in [9.17, 15) is 4.79 Å². The molecule has 1 atom stereocenters. The monoisotopic (exact) mass is 321 g/mol. The van der Waals surface area contributed by atoms with Gasteiger partial charge in [0.05, 0.1) is 6.04 Å². The minimum atomic E-state index is -0.280. The van der Waals surface area contributed by atoms with Crippen molar-refractivity contribution in [1.82, 2.24) is 20.1 Å². The number of anilines is 1. The van der Waals surface area contributed by atoms with E-state index in [1.807, 2.05) is 49.5 Å². The highest BCUT2D eigenvalue weighted by atomic mass is 16.2. The van der Waals surface area contributed by atoms with Gasteiger partial charge in [0, 0.05) is 31.7 Å². The number of rotatable bonds is 4. The minimum absolute atomic E-state index is 0.114. The fourth-order valence-electron chi connectivity index (χ4n) is 2.41. The lowest BCUT2D eigenvalue weighted by molar-refractivity contribution is 0.249. The Labute approximate surface area is 140 Å². The highest BCUT2D eigenvalue weighted by molar-refractivity contribution is 5.88. The third-order valence-corrected chi connectivity index (χ3v) is 3.71. The van der Waals surface area contributed by atoms with E-state index < -0.39 is 0 Å². The van der Waals surface area contributed by atoms with Crippen molar-refractivity contribution < 1.29 is 4.79 Å². The highest BCUT2D eigenvalue weighted by Gasteiger charge is 2.10. The maximum Gasteiger partial charge on any atom is 0.320 e. The van der Waals surface area contributed by atoms with Crippen LogP contribution in [0.4, 0.5) is 10.6 Å². The van der Waals surface area contributed by atoms with E-state index in [4.69, 9.17) is 0 Å². The highest BCUT2D eigenvalue weighted by Crippen LogP contribution is 2.21. The predicted octanol–water partition coefficient (Wildman–Crippen LogP) is 3.36. The molecule has 0 radical (unpaired) electrons. The van der Waals surface area contributed by atoms with Gasteiger partial charge in [0.15, 0.2) is 5.82 Å². The number of pyridine rings is 1. The molecule has 0 bridgehead atoms. The quantitative estimate of drug-likeness (QED) is 0.774. The van der Waals surface area contributed by atoms with Crippen LogP contribution in [-0.4, -0.2) is 20.8 Å². The number of carbonyl (C=O) groups excluding carboxylic acids is 1. The lowest BCUT2D eigenvalue weighted by atomic mass is 10.0. The van der Waals surface area contributed by atoms with Crippen LogP contribution < -0.4 is 10.6 Å². The topological polar surface area (TPSA) is 71.8 Å². The van der Waals surface area contributed by atoms with E-state index in [1.165, 1.54) is 0 Å². The molecule has 122 valence electrons. The van der Waals surface area contributed by atoms with Gasteiger partial charge in [-0.25, -0.2) is 4.79 Å². The van der Waals surface area contributed by atoms with Crippen molar-refractivity contribution in [2.45, 2.75) is 13.0 Å². The molecule has 0 aliphatic rings. The van der Waals surface area contributed by atoms with Crippen molar-refractivity contribution in [3.63, 3.8) is 0 Å². The van der Waals surface area contributed by atoms with Gasteiger partial charge in [-0.05, 0) is 29.7 Å². The Hall–Kier alpha value is -3.15. The first-order valence-corrected chi connectivity index (χ1v) is 7.69. The number of aromatic nitrogens is 3. The Bertz CT molecular complexity index is 811. The zero-order valence-electron chi connectivity index (χ0n) is 13.6. The molecule has 0 aliphatic heterocycles. The summed E-state index contributed by atoms with van der Waals surface area (Å²) in [5, 5.41) is 9.73. The largest absolute Gasteiger partial charge is 0.331 e. The molecule has 0 fully saturated rings. The molecule has 0 saturated carbocycles. The Morgan fingerprint density at radius 3 is 2.54 bits per heavy atom. The van der Waals surface area contributed by atoms with Crippen molar-refractivity contribution in [3.8, 4) is 11.1 Å². The molecule has 3 rings (SSSR count). The molecule has 2 heterocycles. The average Bonchev–Trinajstić information content (AvgIpc) is 3.00. The average molecular weight is 321 g/mol. The van der Waals surface area contributed by atoms with E-state index in [1.54, 1.807) is 30.2 Å². The first kappa shape index (κ1) is 15.7. The van der Waals surface area contributed by atoms with Crippen molar-refractivity contribution in [1.29, 1.82) is 0 Å². The Kier molecular flexibility index (Phi) is 4.56. The van der Waals surface area contributed by atoms with Gasteiger partial charge in [-0.3, -0.25) is 15.0 Å². The molecule has 0 aliphatic carbocycles.